The van der Waals surface area contributed by atoms with Gasteiger partial charge in [0.15, 0.2) is 0 Å². The zero-order chi connectivity index (χ0) is 12.1. The molecule has 4 heteroatoms. The number of hydrogen-bond acceptors (Lipinski definition) is 4. The second-order valence-corrected chi connectivity index (χ2v) is 4.76. The van der Waals surface area contributed by atoms with Gasteiger partial charge < -0.3 is 0 Å². The Hall–Kier alpha value is -1.68. The van der Waals surface area contributed by atoms with Gasteiger partial charge in [0.2, 0.25) is 0 Å². The molecule has 0 aromatic carbocycles. The van der Waals surface area contributed by atoms with Gasteiger partial charge in [-0.3, -0.25) is 9.59 Å². The first-order valence-corrected chi connectivity index (χ1v) is 5.39. The molecule has 0 radical (unpaired) electrons. The van der Waals surface area contributed by atoms with Crippen molar-refractivity contribution in [1.82, 2.24) is 0 Å². The summed E-state index contributed by atoms with van der Waals surface area (Å²) in [6.07, 6.45) is 0.435. The lowest BCUT2D eigenvalue weighted by atomic mass is 9.43. The molecule has 0 saturated heterocycles. The van der Waals surface area contributed by atoms with Gasteiger partial charge in [0.05, 0.1) is 29.4 Å². The smallest absolute Gasteiger partial charge is 0.147 e. The first kappa shape index (κ1) is 10.8. The molecule has 4 nitrogen and oxygen atoms in total. The number of rotatable bonds is 0. The summed E-state index contributed by atoms with van der Waals surface area (Å²) < 4.78 is 0. The predicted octanol–water partition coefficient (Wildman–Crippen LogP) is 1.08. The summed E-state index contributed by atoms with van der Waals surface area (Å²) in [6, 6.07) is 4.14. The molecule has 2 unspecified atom stereocenters. The third-order valence-electron chi connectivity index (χ3n) is 4.31. The Morgan fingerprint density at radius 1 is 1.25 bits per heavy atom. The summed E-state index contributed by atoms with van der Waals surface area (Å²) in [6.45, 7) is 3.27. The molecule has 0 aromatic heterocycles. The zero-order valence-electron chi connectivity index (χ0n) is 9.23. The number of ketones is 2. The number of nitrogens with zero attached hydrogens (tertiary/aromatic N) is 2. The summed E-state index contributed by atoms with van der Waals surface area (Å²) in [5.74, 6) is -2.35. The normalized spacial score (nSPS) is 46.2. The van der Waals surface area contributed by atoms with Gasteiger partial charge in [-0.05, 0) is 13.3 Å². The highest BCUT2D eigenvalue weighted by atomic mass is 16.2. The predicted molar refractivity (Wildman–Crippen MR) is 53.6 cm³/mol. The van der Waals surface area contributed by atoms with E-state index in [0.29, 0.717) is 6.42 Å². The Morgan fingerprint density at radius 2 is 1.88 bits per heavy atom. The number of carbonyl (C=O) groups is 2. The van der Waals surface area contributed by atoms with Gasteiger partial charge in [-0.25, -0.2) is 0 Å². The second-order valence-electron chi connectivity index (χ2n) is 4.76. The second kappa shape index (κ2) is 3.15. The highest BCUT2D eigenvalue weighted by Gasteiger charge is 2.67. The van der Waals surface area contributed by atoms with Crippen molar-refractivity contribution in [2.45, 2.75) is 20.3 Å². The molecule has 0 bridgehead atoms. The van der Waals surface area contributed by atoms with E-state index in [2.05, 4.69) is 12.1 Å². The minimum atomic E-state index is -1.05. The van der Waals surface area contributed by atoms with Crippen LogP contribution >= 0.6 is 0 Å². The molecule has 0 spiro atoms. The van der Waals surface area contributed by atoms with E-state index in [1.165, 1.54) is 0 Å². The summed E-state index contributed by atoms with van der Waals surface area (Å²) in [5, 5.41) is 18.2. The Labute approximate surface area is 93.9 Å². The third-order valence-corrected chi connectivity index (χ3v) is 4.31. The van der Waals surface area contributed by atoms with Crippen LogP contribution in [0.1, 0.15) is 20.3 Å². The average molecular weight is 216 g/mol. The standard InChI is InChI=1S/C12H12N2O2/c1-6-10(15)7(2)12(5-14)8(4-13)3-9(12)11(6)16/h6-9H,3H2,1-2H3/t6?,7?,8-,9+,12+/m1/s1. The lowest BCUT2D eigenvalue weighted by Crippen LogP contribution is -2.62. The monoisotopic (exact) mass is 216 g/mol. The average Bonchev–Trinajstić information content (AvgIpc) is 2.25. The van der Waals surface area contributed by atoms with E-state index >= 15 is 0 Å². The van der Waals surface area contributed by atoms with Crippen LogP contribution in [0.15, 0.2) is 0 Å². The molecule has 2 aliphatic rings. The molecule has 16 heavy (non-hydrogen) atoms. The van der Waals surface area contributed by atoms with Gasteiger partial charge >= 0.3 is 0 Å². The maximum absolute atomic E-state index is 11.9. The van der Waals surface area contributed by atoms with Crippen molar-refractivity contribution in [2.75, 3.05) is 0 Å². The quantitative estimate of drug-likeness (QED) is 0.567. The molecule has 5 atom stereocenters. The number of fused-ring (bicyclic) bond motifs is 1. The van der Waals surface area contributed by atoms with Crippen molar-refractivity contribution >= 4 is 11.6 Å². The van der Waals surface area contributed by atoms with Crippen LogP contribution in [0.25, 0.3) is 0 Å². The van der Waals surface area contributed by atoms with Crippen molar-refractivity contribution in [3.63, 3.8) is 0 Å². The Bertz CT molecular complexity index is 437. The fourth-order valence-electron chi connectivity index (χ4n) is 3.13. The van der Waals surface area contributed by atoms with Crippen molar-refractivity contribution in [3.8, 4) is 12.1 Å². The Morgan fingerprint density at radius 3 is 2.38 bits per heavy atom. The summed E-state index contributed by atoms with van der Waals surface area (Å²) in [5.41, 5.74) is -1.05. The van der Waals surface area contributed by atoms with Gasteiger partial charge in [-0.2, -0.15) is 10.5 Å². The largest absolute Gasteiger partial charge is 0.299 e. The SMILES string of the molecule is CC1C(=O)C(C)[C@@]2(C#N)[C@@H](C#N)C[C@H]2C1=O. The minimum Gasteiger partial charge on any atom is -0.299 e. The molecule has 2 saturated carbocycles. The van der Waals surface area contributed by atoms with Gasteiger partial charge in [0.1, 0.15) is 11.6 Å². The maximum atomic E-state index is 11.9. The van der Waals surface area contributed by atoms with E-state index in [1.54, 1.807) is 13.8 Å². The van der Waals surface area contributed by atoms with Crippen LogP contribution in [0.2, 0.25) is 0 Å². The lowest BCUT2D eigenvalue weighted by molar-refractivity contribution is -0.160. The van der Waals surface area contributed by atoms with Gasteiger partial charge in [-0.15, -0.1) is 0 Å². The molecule has 0 amide bonds. The summed E-state index contributed by atoms with van der Waals surface area (Å²) in [7, 11) is 0. The zero-order valence-corrected chi connectivity index (χ0v) is 9.23. The topological polar surface area (TPSA) is 81.7 Å². The summed E-state index contributed by atoms with van der Waals surface area (Å²) in [4.78, 5) is 23.8. The van der Waals surface area contributed by atoms with E-state index in [1.807, 2.05) is 0 Å². The van der Waals surface area contributed by atoms with Crippen LogP contribution in [0.4, 0.5) is 0 Å². The number of nitriles is 2. The van der Waals surface area contributed by atoms with Crippen molar-refractivity contribution in [3.05, 3.63) is 0 Å². The van der Waals surface area contributed by atoms with E-state index in [0.717, 1.165) is 0 Å². The third kappa shape index (κ3) is 0.925. The van der Waals surface area contributed by atoms with Gasteiger partial charge in [0, 0.05) is 11.8 Å². The van der Waals surface area contributed by atoms with Crippen molar-refractivity contribution in [2.24, 2.45) is 29.1 Å². The van der Waals surface area contributed by atoms with Gasteiger partial charge in [-0.1, -0.05) is 6.92 Å². The summed E-state index contributed by atoms with van der Waals surface area (Å²) >= 11 is 0. The molecule has 2 aliphatic carbocycles. The van der Waals surface area contributed by atoms with Crippen LogP contribution in [-0.4, -0.2) is 11.6 Å². The molecule has 0 aliphatic heterocycles. The van der Waals surface area contributed by atoms with Crippen LogP contribution in [-0.2, 0) is 9.59 Å². The first-order valence-electron chi connectivity index (χ1n) is 5.39. The fraction of sp³-hybridized carbons (Fsp3) is 0.667. The van der Waals surface area contributed by atoms with Crippen LogP contribution in [0, 0.1) is 51.7 Å². The number of carbonyl (C=O) groups excluding carboxylic acids is 2. The van der Waals surface area contributed by atoms with E-state index in [-0.39, 0.29) is 11.6 Å². The van der Waals surface area contributed by atoms with E-state index in [4.69, 9.17) is 5.26 Å². The molecule has 2 fully saturated rings. The maximum Gasteiger partial charge on any atom is 0.147 e. The Balaban J connectivity index is 2.49. The molecule has 2 rings (SSSR count). The molecule has 0 aromatic rings. The van der Waals surface area contributed by atoms with E-state index < -0.39 is 29.1 Å². The highest BCUT2D eigenvalue weighted by molar-refractivity contribution is 6.08. The fourth-order valence-corrected chi connectivity index (χ4v) is 3.13. The number of hydrogen-bond donors (Lipinski definition) is 0. The molecule has 0 heterocycles. The molecule has 82 valence electrons. The Kier molecular flexibility index (Phi) is 2.13. The molecule has 0 N–H and O–H groups in total. The minimum absolute atomic E-state index is 0.156. The van der Waals surface area contributed by atoms with Crippen LogP contribution in [0.3, 0.4) is 0 Å². The van der Waals surface area contributed by atoms with E-state index in [9.17, 15) is 14.9 Å². The van der Waals surface area contributed by atoms with Crippen LogP contribution < -0.4 is 0 Å². The molecular weight excluding hydrogens is 204 g/mol. The highest BCUT2D eigenvalue weighted by Crippen LogP contribution is 2.59. The lowest BCUT2D eigenvalue weighted by Gasteiger charge is -2.54. The first-order chi connectivity index (χ1) is 7.50. The number of Topliss-reactive ketones (excluding diaryl/α,β-unsaturated/α-hetero) is 2. The van der Waals surface area contributed by atoms with Gasteiger partial charge in [0.25, 0.3) is 0 Å². The molecular formula is C12H12N2O2. The van der Waals surface area contributed by atoms with Crippen molar-refractivity contribution < 1.29 is 9.59 Å². The van der Waals surface area contributed by atoms with Crippen LogP contribution in [0.5, 0.6) is 0 Å². The van der Waals surface area contributed by atoms with Crippen molar-refractivity contribution in [1.29, 1.82) is 10.5 Å².